The average molecular weight is 562 g/mol. The maximum Gasteiger partial charge on any atom is 0.258 e. The predicted molar refractivity (Wildman–Crippen MR) is 163 cm³/mol. The zero-order valence-electron chi connectivity index (χ0n) is 22.3. The quantitative estimate of drug-likeness (QED) is 0.174. The van der Waals surface area contributed by atoms with Gasteiger partial charge < -0.3 is 4.80 Å². The molecule has 0 aromatic heterocycles. The standard InChI is InChI=1S/C33H41BrOSi/c1-27(16-12-17-29-18-13-19-30(34)26-29)14-11-15-28(2)24-25-33(3,4)36(35,31-20-7-5-8-21-31)32-22-9-6-10-23-32/h5-10,13,15-16,18-23,26,35H,11-12,14,17,24-25H2,1-4H3/b27-16+,28-15+. The van der Waals surface area contributed by atoms with Gasteiger partial charge in [0.1, 0.15) is 0 Å². The molecular formula is C33H41BrOSi. The van der Waals surface area contributed by atoms with Gasteiger partial charge >= 0.3 is 0 Å². The van der Waals surface area contributed by atoms with Gasteiger partial charge in [-0.2, -0.15) is 0 Å². The summed E-state index contributed by atoms with van der Waals surface area (Å²) in [6, 6.07) is 29.3. The summed E-state index contributed by atoms with van der Waals surface area (Å²) in [4.78, 5) is 12.3. The van der Waals surface area contributed by atoms with Crippen LogP contribution in [0.3, 0.4) is 0 Å². The van der Waals surface area contributed by atoms with E-state index in [4.69, 9.17) is 0 Å². The van der Waals surface area contributed by atoms with Crippen LogP contribution in [0.25, 0.3) is 0 Å². The van der Waals surface area contributed by atoms with E-state index in [1.165, 1.54) is 16.7 Å². The highest BCUT2D eigenvalue weighted by Crippen LogP contribution is 2.40. The third kappa shape index (κ3) is 7.65. The molecule has 0 saturated heterocycles. The molecule has 0 heterocycles. The minimum absolute atomic E-state index is 0.201. The van der Waals surface area contributed by atoms with E-state index in [0.717, 1.165) is 53.4 Å². The summed E-state index contributed by atoms with van der Waals surface area (Å²) in [5.41, 5.74) is 4.26. The lowest BCUT2D eigenvalue weighted by Crippen LogP contribution is -2.65. The molecule has 1 nitrogen and oxygen atoms in total. The first kappa shape index (κ1) is 28.4. The lowest BCUT2D eigenvalue weighted by Gasteiger charge is -2.41. The normalized spacial score (nSPS) is 13.2. The zero-order valence-corrected chi connectivity index (χ0v) is 24.9. The first-order valence-corrected chi connectivity index (χ1v) is 15.9. The van der Waals surface area contributed by atoms with Crippen LogP contribution >= 0.6 is 15.9 Å². The number of hydrogen-bond donors (Lipinski definition) is 1. The van der Waals surface area contributed by atoms with Crippen molar-refractivity contribution in [1.82, 2.24) is 0 Å². The van der Waals surface area contributed by atoms with Gasteiger partial charge in [-0.15, -0.1) is 0 Å². The number of hydrogen-bond acceptors (Lipinski definition) is 1. The molecule has 0 fully saturated rings. The van der Waals surface area contributed by atoms with E-state index in [-0.39, 0.29) is 5.04 Å². The van der Waals surface area contributed by atoms with Gasteiger partial charge in [-0.1, -0.05) is 126 Å². The van der Waals surface area contributed by atoms with Crippen molar-refractivity contribution in [3.63, 3.8) is 0 Å². The van der Waals surface area contributed by atoms with Gasteiger partial charge in [-0.25, -0.2) is 0 Å². The highest BCUT2D eigenvalue weighted by atomic mass is 79.9. The number of rotatable bonds is 12. The SMILES string of the molecule is C/C(=C\CCc1cccc(Br)c1)CC/C=C(\C)CCC(C)(C)[Si](O)(c1ccccc1)c1ccccc1. The molecule has 36 heavy (non-hydrogen) atoms. The Labute approximate surface area is 228 Å². The topological polar surface area (TPSA) is 20.2 Å². The average Bonchev–Trinajstić information content (AvgIpc) is 2.88. The minimum atomic E-state index is -2.93. The second kappa shape index (κ2) is 13.4. The van der Waals surface area contributed by atoms with Crippen molar-refractivity contribution in [2.45, 2.75) is 71.3 Å². The number of benzene rings is 3. The molecule has 3 aromatic carbocycles. The van der Waals surface area contributed by atoms with E-state index in [0.29, 0.717) is 0 Å². The fourth-order valence-corrected chi connectivity index (χ4v) is 9.10. The van der Waals surface area contributed by atoms with Crippen LogP contribution in [0, 0.1) is 0 Å². The molecule has 0 aliphatic carbocycles. The molecule has 0 saturated carbocycles. The first-order valence-electron chi connectivity index (χ1n) is 13.1. The predicted octanol–water partition coefficient (Wildman–Crippen LogP) is 8.37. The molecule has 0 bridgehead atoms. The molecule has 0 spiro atoms. The van der Waals surface area contributed by atoms with Crippen LogP contribution < -0.4 is 10.4 Å². The molecule has 3 heteroatoms. The fraction of sp³-hybridized carbons (Fsp3) is 0.333. The maximum atomic E-state index is 12.3. The Morgan fingerprint density at radius 2 is 1.33 bits per heavy atom. The first-order chi connectivity index (χ1) is 17.2. The molecule has 0 atom stereocenters. The van der Waals surface area contributed by atoms with Crippen molar-refractivity contribution in [1.29, 1.82) is 0 Å². The summed E-state index contributed by atoms with van der Waals surface area (Å²) < 4.78 is 1.15. The van der Waals surface area contributed by atoms with Crippen LogP contribution in [0.5, 0.6) is 0 Å². The van der Waals surface area contributed by atoms with Crippen molar-refractivity contribution in [2.75, 3.05) is 0 Å². The van der Waals surface area contributed by atoms with Gasteiger partial charge in [0.15, 0.2) is 0 Å². The van der Waals surface area contributed by atoms with Crippen LogP contribution in [0.2, 0.25) is 5.04 Å². The van der Waals surface area contributed by atoms with Gasteiger partial charge in [0, 0.05) is 4.47 Å². The molecule has 0 radical (unpaired) electrons. The van der Waals surface area contributed by atoms with Crippen LogP contribution in [-0.2, 0) is 6.42 Å². The largest absolute Gasteiger partial charge is 0.424 e. The van der Waals surface area contributed by atoms with E-state index in [1.807, 2.05) is 36.4 Å². The van der Waals surface area contributed by atoms with E-state index in [9.17, 15) is 4.80 Å². The molecule has 3 rings (SSSR count). The molecule has 3 aromatic rings. The third-order valence-corrected chi connectivity index (χ3v) is 12.4. The van der Waals surface area contributed by atoms with E-state index >= 15 is 0 Å². The second-order valence-corrected chi connectivity index (χ2v) is 15.5. The van der Waals surface area contributed by atoms with Gasteiger partial charge in [0.2, 0.25) is 0 Å². The van der Waals surface area contributed by atoms with Crippen LogP contribution in [0.4, 0.5) is 0 Å². The van der Waals surface area contributed by atoms with Crippen molar-refractivity contribution >= 4 is 34.6 Å². The zero-order chi connectivity index (χ0) is 26.0. The molecule has 1 N–H and O–H groups in total. The van der Waals surface area contributed by atoms with Crippen molar-refractivity contribution < 1.29 is 4.80 Å². The van der Waals surface area contributed by atoms with Gasteiger partial charge in [0.25, 0.3) is 8.32 Å². The Hall–Kier alpha value is -2.20. The number of aryl methyl sites for hydroxylation is 1. The maximum absolute atomic E-state index is 12.3. The van der Waals surface area contributed by atoms with Crippen molar-refractivity contribution in [3.05, 3.63) is 118 Å². The highest BCUT2D eigenvalue weighted by molar-refractivity contribution is 9.10. The summed E-state index contributed by atoms with van der Waals surface area (Å²) in [6.45, 7) is 9.00. The molecule has 0 aliphatic rings. The number of allylic oxidation sites excluding steroid dienone is 4. The molecule has 0 unspecified atom stereocenters. The second-order valence-electron chi connectivity index (χ2n) is 10.6. The summed E-state index contributed by atoms with van der Waals surface area (Å²) in [6.07, 6.45) is 11.1. The van der Waals surface area contributed by atoms with Crippen molar-refractivity contribution in [3.8, 4) is 0 Å². The molecular weight excluding hydrogens is 520 g/mol. The third-order valence-electron chi connectivity index (χ3n) is 7.35. The smallest absolute Gasteiger partial charge is 0.258 e. The van der Waals surface area contributed by atoms with Gasteiger partial charge in [0.05, 0.1) is 0 Å². The Morgan fingerprint density at radius 1 is 0.778 bits per heavy atom. The van der Waals surface area contributed by atoms with E-state index in [2.05, 4.69) is 104 Å². The monoisotopic (exact) mass is 560 g/mol. The lowest BCUT2D eigenvalue weighted by molar-refractivity contribution is 0.466. The van der Waals surface area contributed by atoms with Gasteiger partial charge in [-0.3, -0.25) is 0 Å². The Bertz CT molecular complexity index is 1110. The van der Waals surface area contributed by atoms with Gasteiger partial charge in [-0.05, 0) is 85.5 Å². The Morgan fingerprint density at radius 3 is 1.92 bits per heavy atom. The van der Waals surface area contributed by atoms with Crippen LogP contribution in [0.1, 0.15) is 65.4 Å². The Kier molecular flexibility index (Phi) is 10.5. The highest BCUT2D eigenvalue weighted by Gasteiger charge is 2.49. The molecule has 0 amide bonds. The van der Waals surface area contributed by atoms with Crippen LogP contribution in [-0.4, -0.2) is 13.1 Å². The van der Waals surface area contributed by atoms with Crippen molar-refractivity contribution in [2.24, 2.45) is 0 Å². The number of halogens is 1. The van der Waals surface area contributed by atoms with E-state index < -0.39 is 8.32 Å². The summed E-state index contributed by atoms with van der Waals surface area (Å²) in [5.74, 6) is 0. The van der Waals surface area contributed by atoms with E-state index in [1.54, 1.807) is 0 Å². The summed E-state index contributed by atoms with van der Waals surface area (Å²) in [7, 11) is -2.93. The van der Waals surface area contributed by atoms with Crippen LogP contribution in [0.15, 0.2) is 113 Å². The summed E-state index contributed by atoms with van der Waals surface area (Å²) in [5, 5.41) is 1.98. The summed E-state index contributed by atoms with van der Waals surface area (Å²) >= 11 is 3.56. The molecule has 190 valence electrons. The lowest BCUT2D eigenvalue weighted by atomic mass is 10.0. The Balaban J connectivity index is 1.58. The fourth-order valence-electron chi connectivity index (χ4n) is 4.93. The molecule has 0 aliphatic heterocycles. The minimum Gasteiger partial charge on any atom is -0.424 e.